The number of carboxylic acid groups (broad SMARTS) is 1. The second-order valence-corrected chi connectivity index (χ2v) is 2.77. The minimum absolute atomic E-state index is 0. The summed E-state index contributed by atoms with van der Waals surface area (Å²) in [5.74, 6) is -1.21. The third kappa shape index (κ3) is 3.11. The fourth-order valence-electron chi connectivity index (χ4n) is 0.898. The third-order valence-electron chi connectivity index (χ3n) is 1.54. The van der Waals surface area contributed by atoms with Crippen LogP contribution in [-0.4, -0.2) is 13.1 Å². The molecule has 0 radical (unpaired) electrons. The molecule has 0 aliphatic carbocycles. The van der Waals surface area contributed by atoms with Gasteiger partial charge in [-0.05, 0) is 6.07 Å². The number of methoxy groups -OCH3 is 1. The van der Waals surface area contributed by atoms with Crippen LogP contribution in [0.5, 0.6) is 5.75 Å². The summed E-state index contributed by atoms with van der Waals surface area (Å²) in [5, 5.41) is 10.7. The molecule has 0 bridgehead atoms. The molecule has 0 aromatic heterocycles. The van der Waals surface area contributed by atoms with Crippen LogP contribution in [0, 0.1) is 0 Å². The maximum atomic E-state index is 10.6. The summed E-state index contributed by atoms with van der Waals surface area (Å²) in [7, 11) is 1.34. The molecular weight excluding hydrogens is 233 g/mol. The zero-order valence-electron chi connectivity index (χ0n) is 7.83. The average molecular weight is 240 g/mol. The summed E-state index contributed by atoms with van der Waals surface area (Å²) in [4.78, 5) is 10.6. The number of anilines is 1. The summed E-state index contributed by atoms with van der Waals surface area (Å²) in [5.41, 5.74) is 5.60. The standard InChI is InChI=1S/C8H8ClNO3.K/c1-13-7-3-6(10)5(9)2-4(7)8(11)12;/h2-3H,10H2,1H3,(H,11,12);/q;+1/p-1. The monoisotopic (exact) mass is 239 g/mol. The summed E-state index contributed by atoms with van der Waals surface area (Å²) < 4.78 is 4.78. The minimum Gasteiger partial charge on any atom is -0.545 e. The van der Waals surface area contributed by atoms with Gasteiger partial charge in [0.25, 0.3) is 0 Å². The van der Waals surface area contributed by atoms with Crippen LogP contribution in [0.2, 0.25) is 5.02 Å². The van der Waals surface area contributed by atoms with Crippen molar-refractivity contribution in [1.82, 2.24) is 0 Å². The zero-order valence-corrected chi connectivity index (χ0v) is 11.7. The number of ether oxygens (including phenoxy) is 1. The molecule has 0 unspecified atom stereocenters. The first-order valence-electron chi connectivity index (χ1n) is 3.40. The van der Waals surface area contributed by atoms with Crippen molar-refractivity contribution in [2.24, 2.45) is 0 Å². The Bertz CT molecular complexity index is 357. The van der Waals surface area contributed by atoms with E-state index in [9.17, 15) is 9.90 Å². The van der Waals surface area contributed by atoms with Crippen molar-refractivity contribution in [3.63, 3.8) is 0 Å². The van der Waals surface area contributed by atoms with E-state index < -0.39 is 5.97 Å². The summed E-state index contributed by atoms with van der Waals surface area (Å²) in [6, 6.07) is 2.54. The van der Waals surface area contributed by atoms with Gasteiger partial charge in [0.1, 0.15) is 5.75 Å². The van der Waals surface area contributed by atoms with Crippen LogP contribution in [0.25, 0.3) is 0 Å². The van der Waals surface area contributed by atoms with E-state index in [2.05, 4.69) is 0 Å². The van der Waals surface area contributed by atoms with Gasteiger partial charge < -0.3 is 20.4 Å². The maximum absolute atomic E-state index is 10.6. The smallest absolute Gasteiger partial charge is 0.545 e. The van der Waals surface area contributed by atoms with Crippen molar-refractivity contribution in [2.75, 3.05) is 12.8 Å². The Labute approximate surface area is 129 Å². The van der Waals surface area contributed by atoms with Crippen LogP contribution in [0.15, 0.2) is 12.1 Å². The Morgan fingerprint density at radius 3 is 2.57 bits per heavy atom. The zero-order chi connectivity index (χ0) is 10.0. The van der Waals surface area contributed by atoms with Gasteiger partial charge in [-0.15, -0.1) is 0 Å². The van der Waals surface area contributed by atoms with Crippen LogP contribution >= 0.6 is 11.6 Å². The molecular formula is C8H7ClKNO3. The van der Waals surface area contributed by atoms with Gasteiger partial charge in [0.05, 0.1) is 23.8 Å². The maximum Gasteiger partial charge on any atom is 1.00 e. The second-order valence-electron chi connectivity index (χ2n) is 2.36. The van der Waals surface area contributed by atoms with Crippen molar-refractivity contribution in [1.29, 1.82) is 0 Å². The molecule has 0 saturated carbocycles. The molecule has 2 N–H and O–H groups in total. The van der Waals surface area contributed by atoms with Gasteiger partial charge in [-0.25, -0.2) is 0 Å². The van der Waals surface area contributed by atoms with E-state index in [1.54, 1.807) is 0 Å². The van der Waals surface area contributed by atoms with E-state index in [0.717, 1.165) is 0 Å². The Kier molecular flexibility index (Phi) is 6.04. The molecule has 1 aromatic rings. The van der Waals surface area contributed by atoms with E-state index in [4.69, 9.17) is 22.1 Å². The van der Waals surface area contributed by atoms with Crippen molar-refractivity contribution in [3.8, 4) is 5.75 Å². The quantitative estimate of drug-likeness (QED) is 0.450. The normalized spacial score (nSPS) is 9.00. The van der Waals surface area contributed by atoms with Crippen molar-refractivity contribution < 1.29 is 66.0 Å². The molecule has 0 spiro atoms. The molecule has 0 fully saturated rings. The minimum atomic E-state index is -1.35. The molecule has 4 nitrogen and oxygen atoms in total. The average Bonchev–Trinajstić information content (AvgIpc) is 2.08. The van der Waals surface area contributed by atoms with E-state index in [-0.39, 0.29) is 73.4 Å². The van der Waals surface area contributed by atoms with Crippen LogP contribution < -0.4 is 67.0 Å². The van der Waals surface area contributed by atoms with Crippen LogP contribution in [-0.2, 0) is 0 Å². The number of nitrogens with two attached hydrogens (primary N) is 1. The van der Waals surface area contributed by atoms with E-state index in [1.807, 2.05) is 0 Å². The molecule has 0 aliphatic rings. The Hall–Kier alpha value is 0.216. The third-order valence-corrected chi connectivity index (χ3v) is 1.87. The van der Waals surface area contributed by atoms with Gasteiger partial charge in [0.15, 0.2) is 0 Å². The Balaban J connectivity index is 0.00000169. The van der Waals surface area contributed by atoms with Gasteiger partial charge in [-0.2, -0.15) is 0 Å². The van der Waals surface area contributed by atoms with Crippen molar-refractivity contribution >= 4 is 23.3 Å². The fraction of sp³-hybridized carbons (Fsp3) is 0.125. The number of carboxylic acids is 1. The number of halogens is 1. The van der Waals surface area contributed by atoms with E-state index >= 15 is 0 Å². The number of carbonyl (C=O) groups is 1. The van der Waals surface area contributed by atoms with Crippen LogP contribution in [0.1, 0.15) is 10.4 Å². The molecule has 70 valence electrons. The number of aromatic carboxylic acids is 1. The summed E-state index contributed by atoms with van der Waals surface area (Å²) in [6.45, 7) is 0. The number of benzene rings is 1. The molecule has 1 rings (SSSR count). The Morgan fingerprint density at radius 1 is 1.57 bits per heavy atom. The molecule has 14 heavy (non-hydrogen) atoms. The predicted octanol–water partition coefficient (Wildman–Crippen LogP) is -2.70. The summed E-state index contributed by atoms with van der Waals surface area (Å²) in [6.07, 6.45) is 0. The molecule has 0 saturated heterocycles. The number of rotatable bonds is 2. The van der Waals surface area contributed by atoms with Crippen molar-refractivity contribution in [3.05, 3.63) is 22.7 Å². The first-order valence-corrected chi connectivity index (χ1v) is 3.78. The molecule has 0 aliphatic heterocycles. The molecule has 0 heterocycles. The molecule has 0 amide bonds. The second kappa shape index (κ2) is 5.94. The van der Waals surface area contributed by atoms with Gasteiger partial charge in [0.2, 0.25) is 0 Å². The van der Waals surface area contributed by atoms with Gasteiger partial charge in [0, 0.05) is 11.6 Å². The number of nitrogen functional groups attached to an aromatic ring is 1. The number of carbonyl (C=O) groups excluding carboxylic acids is 1. The SMILES string of the molecule is COc1cc(N)c(Cl)cc1C(=O)[O-].[K+]. The van der Waals surface area contributed by atoms with Crippen LogP contribution in [0.3, 0.4) is 0 Å². The van der Waals surface area contributed by atoms with E-state index in [1.165, 1.54) is 19.2 Å². The number of hydrogen-bond donors (Lipinski definition) is 1. The Morgan fingerprint density at radius 2 is 2.14 bits per heavy atom. The van der Waals surface area contributed by atoms with E-state index in [0.29, 0.717) is 0 Å². The predicted molar refractivity (Wildman–Crippen MR) is 46.7 cm³/mol. The van der Waals surface area contributed by atoms with Gasteiger partial charge >= 0.3 is 51.4 Å². The van der Waals surface area contributed by atoms with Gasteiger partial charge in [-0.3, -0.25) is 0 Å². The first kappa shape index (κ1) is 14.2. The largest absolute Gasteiger partial charge is 1.00 e. The topological polar surface area (TPSA) is 75.4 Å². The van der Waals surface area contributed by atoms with Crippen LogP contribution in [0.4, 0.5) is 5.69 Å². The van der Waals surface area contributed by atoms with Crippen molar-refractivity contribution in [2.45, 2.75) is 0 Å². The van der Waals surface area contributed by atoms with Gasteiger partial charge in [-0.1, -0.05) is 11.6 Å². The molecule has 1 aromatic carbocycles. The number of hydrogen-bond acceptors (Lipinski definition) is 4. The molecule has 0 atom stereocenters. The molecule has 6 heteroatoms. The summed E-state index contributed by atoms with van der Waals surface area (Å²) >= 11 is 5.62. The fourth-order valence-corrected chi connectivity index (χ4v) is 1.06. The first-order chi connectivity index (χ1) is 6.06.